The number of rotatable bonds is 2. The van der Waals surface area contributed by atoms with Gasteiger partial charge in [-0.15, -0.1) is 0 Å². The molecule has 1 aliphatic rings. The smallest absolute Gasteiger partial charge is 0.169 e. The summed E-state index contributed by atoms with van der Waals surface area (Å²) in [6, 6.07) is 10.1. The average molecular weight is 267 g/mol. The Hall–Kier alpha value is -2.23. The second kappa shape index (κ2) is 5.04. The van der Waals surface area contributed by atoms with Gasteiger partial charge in [-0.3, -0.25) is 4.79 Å². The first kappa shape index (κ1) is 12.8. The summed E-state index contributed by atoms with van der Waals surface area (Å²) in [5.41, 5.74) is 8.44. The maximum atomic E-state index is 12.3. The van der Waals surface area contributed by atoms with Crippen molar-refractivity contribution >= 4 is 11.6 Å². The summed E-state index contributed by atoms with van der Waals surface area (Å²) in [6.07, 6.45) is 1.96. The molecule has 0 amide bonds. The molecule has 20 heavy (non-hydrogen) atoms. The number of anilines is 1. The Morgan fingerprint density at radius 3 is 2.65 bits per heavy atom. The van der Waals surface area contributed by atoms with Crippen molar-refractivity contribution in [2.75, 3.05) is 5.73 Å². The van der Waals surface area contributed by atoms with Gasteiger partial charge in [-0.1, -0.05) is 37.3 Å². The topological polar surface area (TPSA) is 68.9 Å². The summed E-state index contributed by atoms with van der Waals surface area (Å²) in [4.78, 5) is 21.0. The molecular formula is C16H17N3O. The molecule has 0 bridgehead atoms. The average Bonchev–Trinajstić information content (AvgIpc) is 2.47. The Labute approximate surface area is 118 Å². The highest BCUT2D eigenvalue weighted by molar-refractivity contribution is 6.02. The number of carbonyl (C=O) groups excluding carboxylic acids is 1. The maximum Gasteiger partial charge on any atom is 0.169 e. The van der Waals surface area contributed by atoms with E-state index in [0.29, 0.717) is 23.6 Å². The molecule has 1 atom stereocenters. The number of fused-ring (bicyclic) bond motifs is 1. The van der Waals surface area contributed by atoms with Crippen molar-refractivity contribution < 1.29 is 4.79 Å². The van der Waals surface area contributed by atoms with Gasteiger partial charge in [0.1, 0.15) is 11.6 Å². The first-order valence-electron chi connectivity index (χ1n) is 6.92. The van der Waals surface area contributed by atoms with Crippen LogP contribution in [0.2, 0.25) is 0 Å². The number of hydrogen-bond acceptors (Lipinski definition) is 4. The molecule has 0 saturated heterocycles. The van der Waals surface area contributed by atoms with Crippen LogP contribution in [0.5, 0.6) is 0 Å². The Morgan fingerprint density at radius 1 is 1.20 bits per heavy atom. The number of ketones is 1. The maximum absolute atomic E-state index is 12.3. The third kappa shape index (κ3) is 2.18. The van der Waals surface area contributed by atoms with E-state index in [-0.39, 0.29) is 11.7 Å². The lowest BCUT2D eigenvalue weighted by Crippen LogP contribution is -2.23. The number of nitrogens with two attached hydrogens (primary N) is 1. The zero-order valence-electron chi connectivity index (χ0n) is 11.5. The molecule has 0 saturated carbocycles. The van der Waals surface area contributed by atoms with Crippen molar-refractivity contribution in [2.45, 2.75) is 32.1 Å². The summed E-state index contributed by atoms with van der Waals surface area (Å²) < 4.78 is 0. The fourth-order valence-corrected chi connectivity index (χ4v) is 2.78. The molecule has 1 aromatic heterocycles. The van der Waals surface area contributed by atoms with Crippen LogP contribution in [0.15, 0.2) is 30.3 Å². The van der Waals surface area contributed by atoms with Crippen LogP contribution < -0.4 is 5.73 Å². The number of aryl methyl sites for hydroxylation is 1. The lowest BCUT2D eigenvalue weighted by molar-refractivity contribution is 0.0963. The number of carbonyl (C=O) groups is 1. The normalized spacial score (nSPS) is 17.9. The van der Waals surface area contributed by atoms with Gasteiger partial charge in [-0.25, -0.2) is 9.97 Å². The van der Waals surface area contributed by atoms with Crippen LogP contribution in [-0.4, -0.2) is 15.8 Å². The van der Waals surface area contributed by atoms with Gasteiger partial charge in [-0.2, -0.15) is 0 Å². The van der Waals surface area contributed by atoms with Crippen LogP contribution in [0.3, 0.4) is 0 Å². The molecule has 4 heteroatoms. The zero-order valence-corrected chi connectivity index (χ0v) is 11.5. The van der Waals surface area contributed by atoms with Crippen LogP contribution in [-0.2, 0) is 12.8 Å². The van der Waals surface area contributed by atoms with E-state index in [2.05, 4.69) is 22.1 Å². The summed E-state index contributed by atoms with van der Waals surface area (Å²) in [5, 5.41) is 0. The minimum Gasteiger partial charge on any atom is -0.383 e. The minimum atomic E-state index is 0.0558. The lowest BCUT2D eigenvalue weighted by Gasteiger charge is -2.24. The molecule has 4 nitrogen and oxygen atoms in total. The quantitative estimate of drug-likeness (QED) is 0.907. The Bertz CT molecular complexity index is 652. The largest absolute Gasteiger partial charge is 0.383 e. The number of nitrogen functional groups attached to an aromatic ring is 1. The van der Waals surface area contributed by atoms with Gasteiger partial charge in [-0.05, 0) is 17.9 Å². The van der Waals surface area contributed by atoms with Crippen LogP contribution >= 0.6 is 0 Å². The SMILES string of the molecule is CCc1nc(N)c2c(n1)C[C@@H](c1ccccc1)CC2=O. The molecule has 0 unspecified atom stereocenters. The third-order valence-corrected chi connectivity index (χ3v) is 3.80. The van der Waals surface area contributed by atoms with Crippen molar-refractivity contribution in [3.63, 3.8) is 0 Å². The standard InChI is InChI=1S/C16H17N3O/c1-2-14-18-12-8-11(10-6-4-3-5-7-10)9-13(20)15(12)16(17)19-14/h3-7,11H,2,8-9H2,1H3,(H2,17,18,19)/t11-/m1/s1. The van der Waals surface area contributed by atoms with Gasteiger partial charge in [0.15, 0.2) is 5.78 Å². The molecule has 3 rings (SSSR count). The van der Waals surface area contributed by atoms with Gasteiger partial charge in [0.25, 0.3) is 0 Å². The van der Waals surface area contributed by atoms with Crippen molar-refractivity contribution in [3.05, 3.63) is 53.0 Å². The zero-order chi connectivity index (χ0) is 14.1. The fourth-order valence-electron chi connectivity index (χ4n) is 2.78. The molecule has 0 aliphatic heterocycles. The predicted octanol–water partition coefficient (Wildman–Crippen LogP) is 2.53. The summed E-state index contributed by atoms with van der Waals surface area (Å²) in [6.45, 7) is 1.99. The molecule has 1 aliphatic carbocycles. The molecule has 1 aromatic carbocycles. The van der Waals surface area contributed by atoms with Crippen molar-refractivity contribution in [3.8, 4) is 0 Å². The van der Waals surface area contributed by atoms with E-state index < -0.39 is 0 Å². The van der Waals surface area contributed by atoms with Crippen LogP contribution in [0.25, 0.3) is 0 Å². The van der Waals surface area contributed by atoms with Gasteiger partial charge in [0, 0.05) is 12.8 Å². The highest BCUT2D eigenvalue weighted by atomic mass is 16.1. The Morgan fingerprint density at radius 2 is 1.95 bits per heavy atom. The molecule has 2 N–H and O–H groups in total. The van der Waals surface area contributed by atoms with Gasteiger partial charge >= 0.3 is 0 Å². The first-order chi connectivity index (χ1) is 9.69. The monoisotopic (exact) mass is 267 g/mol. The van der Waals surface area contributed by atoms with Gasteiger partial charge < -0.3 is 5.73 Å². The summed E-state index contributed by atoms with van der Waals surface area (Å²) in [5.74, 6) is 1.29. The molecule has 0 fully saturated rings. The lowest BCUT2D eigenvalue weighted by atomic mass is 9.82. The molecule has 0 radical (unpaired) electrons. The second-order valence-corrected chi connectivity index (χ2v) is 5.14. The van der Waals surface area contributed by atoms with E-state index in [1.807, 2.05) is 25.1 Å². The second-order valence-electron chi connectivity index (χ2n) is 5.14. The Balaban J connectivity index is 2.02. The van der Waals surface area contributed by atoms with Crippen molar-refractivity contribution in [1.82, 2.24) is 9.97 Å². The molecule has 1 heterocycles. The number of benzene rings is 1. The predicted molar refractivity (Wildman–Crippen MR) is 77.7 cm³/mol. The highest BCUT2D eigenvalue weighted by Crippen LogP contribution is 2.33. The van der Waals surface area contributed by atoms with Crippen LogP contribution in [0, 0.1) is 0 Å². The van der Waals surface area contributed by atoms with Crippen molar-refractivity contribution in [1.29, 1.82) is 0 Å². The van der Waals surface area contributed by atoms with E-state index in [0.717, 1.165) is 18.5 Å². The summed E-state index contributed by atoms with van der Waals surface area (Å²) in [7, 11) is 0. The summed E-state index contributed by atoms with van der Waals surface area (Å²) >= 11 is 0. The number of hydrogen-bond donors (Lipinski definition) is 1. The van der Waals surface area contributed by atoms with Crippen LogP contribution in [0.4, 0.5) is 5.82 Å². The molecule has 2 aromatic rings. The molecular weight excluding hydrogens is 250 g/mol. The van der Waals surface area contributed by atoms with Crippen molar-refractivity contribution in [2.24, 2.45) is 0 Å². The van der Waals surface area contributed by atoms with E-state index in [4.69, 9.17) is 5.73 Å². The van der Waals surface area contributed by atoms with Gasteiger partial charge in [0.05, 0.1) is 11.3 Å². The van der Waals surface area contributed by atoms with Crippen LogP contribution in [0.1, 0.15) is 46.7 Å². The van der Waals surface area contributed by atoms with E-state index in [1.54, 1.807) is 0 Å². The van der Waals surface area contributed by atoms with E-state index in [1.165, 1.54) is 5.56 Å². The molecule has 0 spiro atoms. The number of Topliss-reactive ketones (excluding diaryl/α,β-unsaturated/α-hetero) is 1. The van der Waals surface area contributed by atoms with E-state index >= 15 is 0 Å². The first-order valence-corrected chi connectivity index (χ1v) is 6.92. The minimum absolute atomic E-state index is 0.0558. The Kier molecular flexibility index (Phi) is 3.22. The van der Waals surface area contributed by atoms with E-state index in [9.17, 15) is 4.79 Å². The fraction of sp³-hybridized carbons (Fsp3) is 0.312. The number of aromatic nitrogens is 2. The highest BCUT2D eigenvalue weighted by Gasteiger charge is 2.29. The molecule has 102 valence electrons. The number of nitrogens with zero attached hydrogens (tertiary/aromatic N) is 2. The third-order valence-electron chi connectivity index (χ3n) is 3.80. The van der Waals surface area contributed by atoms with Gasteiger partial charge in [0.2, 0.25) is 0 Å².